The van der Waals surface area contributed by atoms with E-state index in [1.165, 1.54) is 51.5 Å². The van der Waals surface area contributed by atoms with E-state index < -0.39 is 0 Å². The van der Waals surface area contributed by atoms with Gasteiger partial charge in [0, 0.05) is 18.6 Å². The molecule has 0 unspecified atom stereocenters. The van der Waals surface area contributed by atoms with Crippen LogP contribution in [0.4, 0.5) is 0 Å². The van der Waals surface area contributed by atoms with Gasteiger partial charge in [-0.25, -0.2) is 0 Å². The average molecular weight is 398 g/mol. The molecule has 3 saturated carbocycles. The molecule has 162 valence electrons. The zero-order valence-electron chi connectivity index (χ0n) is 19.2. The van der Waals surface area contributed by atoms with Gasteiger partial charge in [0.15, 0.2) is 0 Å². The van der Waals surface area contributed by atoms with Gasteiger partial charge < -0.3 is 5.11 Å². The number of nitrogens with zero attached hydrogens (tertiary/aromatic N) is 1. The summed E-state index contributed by atoms with van der Waals surface area (Å²) < 4.78 is 0. The fourth-order valence-electron chi connectivity index (χ4n) is 10.4. The van der Waals surface area contributed by atoms with Gasteiger partial charge in [-0.15, -0.1) is 0 Å². The highest BCUT2D eigenvalue weighted by molar-refractivity contribution is 5.26. The highest BCUT2D eigenvalue weighted by atomic mass is 16.3. The second kappa shape index (κ2) is 6.35. The molecule has 11 atom stereocenters. The minimum Gasteiger partial charge on any atom is -0.393 e. The predicted molar refractivity (Wildman–Crippen MR) is 118 cm³/mol. The third kappa shape index (κ3) is 2.48. The largest absolute Gasteiger partial charge is 0.393 e. The summed E-state index contributed by atoms with van der Waals surface area (Å²) in [6.45, 7) is 11.8. The molecule has 2 saturated heterocycles. The third-order valence-electron chi connectivity index (χ3n) is 11.7. The van der Waals surface area contributed by atoms with Crippen molar-refractivity contribution in [3.8, 4) is 0 Å². The maximum Gasteiger partial charge on any atom is 0.0577 e. The molecule has 1 N–H and O–H groups in total. The Hall–Kier alpha value is -0.340. The van der Waals surface area contributed by atoms with Crippen LogP contribution in [0.1, 0.15) is 85.5 Å². The summed E-state index contributed by atoms with van der Waals surface area (Å²) in [5, 5.41) is 10.3. The van der Waals surface area contributed by atoms with Crippen LogP contribution in [0.2, 0.25) is 0 Å². The molecule has 29 heavy (non-hydrogen) atoms. The molecule has 0 spiro atoms. The van der Waals surface area contributed by atoms with E-state index >= 15 is 0 Å². The van der Waals surface area contributed by atoms with E-state index in [-0.39, 0.29) is 6.10 Å². The number of allylic oxidation sites excluding steroid dienone is 1. The monoisotopic (exact) mass is 397 g/mol. The average Bonchev–Trinajstić information content (AvgIpc) is 3.15. The zero-order chi connectivity index (χ0) is 20.1. The van der Waals surface area contributed by atoms with Crippen molar-refractivity contribution >= 4 is 0 Å². The quantitative estimate of drug-likeness (QED) is 0.534. The Morgan fingerprint density at radius 2 is 1.83 bits per heavy atom. The lowest BCUT2D eigenvalue weighted by molar-refractivity contribution is -0.0574. The molecule has 0 amide bonds. The molecule has 0 aromatic carbocycles. The minimum atomic E-state index is -0.0792. The van der Waals surface area contributed by atoms with Crippen LogP contribution in [-0.2, 0) is 0 Å². The summed E-state index contributed by atoms with van der Waals surface area (Å²) >= 11 is 0. The van der Waals surface area contributed by atoms with Crippen LogP contribution >= 0.6 is 0 Å². The molecule has 4 aliphatic carbocycles. The molecule has 2 nitrogen and oxygen atoms in total. The van der Waals surface area contributed by atoms with Crippen LogP contribution in [0.15, 0.2) is 11.6 Å². The van der Waals surface area contributed by atoms with E-state index in [9.17, 15) is 5.11 Å². The summed E-state index contributed by atoms with van der Waals surface area (Å²) in [7, 11) is 0. The molecule has 2 heteroatoms. The Kier molecular flexibility index (Phi) is 4.23. The van der Waals surface area contributed by atoms with Crippen molar-refractivity contribution < 1.29 is 5.11 Å². The van der Waals surface area contributed by atoms with Crippen LogP contribution in [0.5, 0.6) is 0 Å². The van der Waals surface area contributed by atoms with Crippen LogP contribution in [0.3, 0.4) is 0 Å². The third-order valence-corrected chi connectivity index (χ3v) is 11.7. The lowest BCUT2D eigenvalue weighted by atomic mass is 9.47. The van der Waals surface area contributed by atoms with Gasteiger partial charge in [-0.1, -0.05) is 39.3 Å². The van der Waals surface area contributed by atoms with E-state index in [0.717, 1.165) is 60.4 Å². The SMILES string of the molecule is C[C@H]1CC[C@H]2[C@H](C)[C@H]3[C@H](C[C@H]4[C@@H]5CC=C6C[C@@H](O)CC[C@]6(C)[C@H]5CC[C@]34C)N2C1. The van der Waals surface area contributed by atoms with Crippen molar-refractivity contribution in [2.24, 2.45) is 46.3 Å². The highest BCUT2D eigenvalue weighted by Crippen LogP contribution is 2.69. The fourth-order valence-corrected chi connectivity index (χ4v) is 10.4. The lowest BCUT2D eigenvalue weighted by Crippen LogP contribution is -2.51. The first kappa shape index (κ1) is 19.4. The number of hydrogen-bond donors (Lipinski definition) is 1. The molecule has 0 radical (unpaired) electrons. The van der Waals surface area contributed by atoms with Crippen LogP contribution in [0, 0.1) is 46.3 Å². The number of aliphatic hydroxyl groups excluding tert-OH is 1. The first-order valence-corrected chi connectivity index (χ1v) is 13.0. The predicted octanol–water partition coefficient (Wildman–Crippen LogP) is 5.66. The van der Waals surface area contributed by atoms with Gasteiger partial charge in [-0.2, -0.15) is 0 Å². The Morgan fingerprint density at radius 1 is 1.00 bits per heavy atom. The van der Waals surface area contributed by atoms with Gasteiger partial charge in [0.2, 0.25) is 0 Å². The molecule has 5 fully saturated rings. The second-order valence-corrected chi connectivity index (χ2v) is 12.8. The number of piperidine rings is 1. The van der Waals surface area contributed by atoms with E-state index in [1.54, 1.807) is 5.57 Å². The lowest BCUT2D eigenvalue weighted by Gasteiger charge is -2.58. The van der Waals surface area contributed by atoms with Crippen molar-refractivity contribution in [3.63, 3.8) is 0 Å². The van der Waals surface area contributed by atoms with Gasteiger partial charge >= 0.3 is 0 Å². The molecule has 2 aliphatic heterocycles. The summed E-state index contributed by atoms with van der Waals surface area (Å²) in [5.74, 6) is 5.44. The summed E-state index contributed by atoms with van der Waals surface area (Å²) in [6.07, 6.45) is 14.3. The minimum absolute atomic E-state index is 0.0792. The van der Waals surface area contributed by atoms with Gasteiger partial charge in [0.05, 0.1) is 6.10 Å². The summed E-state index contributed by atoms with van der Waals surface area (Å²) in [6, 6.07) is 1.75. The van der Waals surface area contributed by atoms with E-state index in [4.69, 9.17) is 0 Å². The van der Waals surface area contributed by atoms with Gasteiger partial charge in [0.25, 0.3) is 0 Å². The second-order valence-electron chi connectivity index (χ2n) is 12.8. The van der Waals surface area contributed by atoms with Crippen LogP contribution in [0.25, 0.3) is 0 Å². The zero-order valence-corrected chi connectivity index (χ0v) is 19.2. The molecule has 6 aliphatic rings. The molecule has 0 aromatic heterocycles. The highest BCUT2D eigenvalue weighted by Gasteiger charge is 2.66. The summed E-state index contributed by atoms with van der Waals surface area (Å²) in [4.78, 5) is 3.02. The fraction of sp³-hybridized carbons (Fsp3) is 0.926. The van der Waals surface area contributed by atoms with E-state index in [0.29, 0.717) is 10.8 Å². The Morgan fingerprint density at radius 3 is 2.66 bits per heavy atom. The molecule has 2 heterocycles. The van der Waals surface area contributed by atoms with Crippen LogP contribution in [-0.4, -0.2) is 34.7 Å². The van der Waals surface area contributed by atoms with E-state index in [1.807, 2.05) is 0 Å². The number of fused-ring (bicyclic) bond motifs is 9. The molecule has 0 aromatic rings. The topological polar surface area (TPSA) is 23.5 Å². The maximum atomic E-state index is 10.3. The van der Waals surface area contributed by atoms with Crippen molar-refractivity contribution in [1.29, 1.82) is 0 Å². The first-order chi connectivity index (χ1) is 13.8. The van der Waals surface area contributed by atoms with Crippen molar-refractivity contribution in [3.05, 3.63) is 11.6 Å². The van der Waals surface area contributed by atoms with Crippen LogP contribution < -0.4 is 0 Å². The van der Waals surface area contributed by atoms with Crippen molar-refractivity contribution in [2.75, 3.05) is 6.54 Å². The summed E-state index contributed by atoms with van der Waals surface area (Å²) in [5.41, 5.74) is 2.58. The van der Waals surface area contributed by atoms with Gasteiger partial charge in [-0.3, -0.25) is 4.90 Å². The molecular weight excluding hydrogens is 354 g/mol. The van der Waals surface area contributed by atoms with Crippen molar-refractivity contribution in [1.82, 2.24) is 4.90 Å². The Labute approximate surface area is 178 Å². The molecule has 6 rings (SSSR count). The smallest absolute Gasteiger partial charge is 0.0577 e. The number of aliphatic hydroxyl groups is 1. The number of rotatable bonds is 0. The Bertz CT molecular complexity index is 715. The molecule has 0 bridgehead atoms. The van der Waals surface area contributed by atoms with Gasteiger partial charge in [-0.05, 0) is 104 Å². The standard InChI is InChI=1S/C27H43NO/c1-16-5-8-23-17(2)25-24(28(23)15-16)14-22-20-7-6-18-13-19(29)9-11-26(18,3)21(20)10-12-27(22,25)4/h6,16-17,19-25,29H,5,7-15H2,1-4H3/t16-,17-,19-,20+,21-,22-,23-,24-,25-,26-,27-/m0/s1. The van der Waals surface area contributed by atoms with E-state index in [2.05, 4.69) is 38.7 Å². The number of hydrogen-bond acceptors (Lipinski definition) is 2. The normalized spacial score (nSPS) is 59.2. The first-order valence-electron chi connectivity index (χ1n) is 13.0. The maximum absolute atomic E-state index is 10.3. The molecular formula is C27H43NO. The Balaban J connectivity index is 1.33. The van der Waals surface area contributed by atoms with Crippen molar-refractivity contribution in [2.45, 2.75) is 104 Å². The van der Waals surface area contributed by atoms with Gasteiger partial charge in [0.1, 0.15) is 0 Å².